The minimum Gasteiger partial charge on any atom is -0.379 e. The summed E-state index contributed by atoms with van der Waals surface area (Å²) in [4.78, 5) is 1.33. The molecule has 0 amide bonds. The molecular formula is C9H12BrNOS. The molecule has 2 heterocycles. The van der Waals surface area contributed by atoms with E-state index in [1.807, 2.05) is 0 Å². The van der Waals surface area contributed by atoms with Gasteiger partial charge in [0.25, 0.3) is 0 Å². The first-order chi connectivity index (χ1) is 6.20. The van der Waals surface area contributed by atoms with Crippen LogP contribution in [-0.4, -0.2) is 18.8 Å². The highest BCUT2D eigenvalue weighted by atomic mass is 79.9. The van der Waals surface area contributed by atoms with Crippen LogP contribution < -0.4 is 5.73 Å². The van der Waals surface area contributed by atoms with Crippen molar-refractivity contribution in [2.75, 3.05) is 13.2 Å². The SMILES string of the molecule is NC1(Cc2sccc2Br)CCOC1. The number of rotatable bonds is 2. The van der Waals surface area contributed by atoms with Gasteiger partial charge in [-0.15, -0.1) is 11.3 Å². The van der Waals surface area contributed by atoms with Crippen LogP contribution >= 0.6 is 27.3 Å². The highest BCUT2D eigenvalue weighted by molar-refractivity contribution is 9.10. The predicted octanol–water partition coefficient (Wildman–Crippen LogP) is 2.17. The number of hydrogen-bond acceptors (Lipinski definition) is 3. The smallest absolute Gasteiger partial charge is 0.0650 e. The maximum Gasteiger partial charge on any atom is 0.0650 e. The third-order valence-electron chi connectivity index (χ3n) is 2.34. The molecule has 2 rings (SSSR count). The first-order valence-electron chi connectivity index (χ1n) is 4.28. The van der Waals surface area contributed by atoms with E-state index in [9.17, 15) is 0 Å². The Labute approximate surface area is 90.2 Å². The second-order valence-corrected chi connectivity index (χ2v) is 5.39. The molecule has 1 aromatic heterocycles. The summed E-state index contributed by atoms with van der Waals surface area (Å²) >= 11 is 5.26. The molecule has 0 saturated carbocycles. The molecule has 1 fully saturated rings. The van der Waals surface area contributed by atoms with Gasteiger partial charge in [0, 0.05) is 27.9 Å². The molecule has 1 aliphatic heterocycles. The molecule has 0 bridgehead atoms. The van der Waals surface area contributed by atoms with Crippen molar-refractivity contribution in [3.05, 3.63) is 20.8 Å². The Kier molecular flexibility index (Phi) is 2.74. The van der Waals surface area contributed by atoms with Gasteiger partial charge in [-0.25, -0.2) is 0 Å². The van der Waals surface area contributed by atoms with E-state index in [2.05, 4.69) is 27.4 Å². The van der Waals surface area contributed by atoms with Crippen molar-refractivity contribution in [1.29, 1.82) is 0 Å². The molecule has 0 aliphatic carbocycles. The van der Waals surface area contributed by atoms with E-state index >= 15 is 0 Å². The zero-order valence-corrected chi connectivity index (χ0v) is 9.66. The molecule has 0 radical (unpaired) electrons. The Morgan fingerprint density at radius 1 is 1.69 bits per heavy atom. The number of hydrogen-bond donors (Lipinski definition) is 1. The van der Waals surface area contributed by atoms with Crippen LogP contribution in [0.3, 0.4) is 0 Å². The molecule has 2 N–H and O–H groups in total. The third-order valence-corrected chi connectivity index (χ3v) is 4.26. The summed E-state index contributed by atoms with van der Waals surface area (Å²) < 4.78 is 6.49. The Morgan fingerprint density at radius 2 is 2.54 bits per heavy atom. The second-order valence-electron chi connectivity index (χ2n) is 3.53. The topological polar surface area (TPSA) is 35.2 Å². The molecule has 1 atom stereocenters. The largest absolute Gasteiger partial charge is 0.379 e. The first-order valence-corrected chi connectivity index (χ1v) is 5.95. The fourth-order valence-electron chi connectivity index (χ4n) is 1.53. The van der Waals surface area contributed by atoms with Crippen LogP contribution in [0, 0.1) is 0 Å². The molecule has 13 heavy (non-hydrogen) atoms. The van der Waals surface area contributed by atoms with Crippen LogP contribution in [0.4, 0.5) is 0 Å². The van der Waals surface area contributed by atoms with Crippen molar-refractivity contribution >= 4 is 27.3 Å². The van der Waals surface area contributed by atoms with Crippen LogP contribution in [0.25, 0.3) is 0 Å². The lowest BCUT2D eigenvalue weighted by Gasteiger charge is -2.20. The monoisotopic (exact) mass is 261 g/mol. The molecule has 2 nitrogen and oxygen atoms in total. The molecule has 0 spiro atoms. The molecule has 1 aliphatic rings. The summed E-state index contributed by atoms with van der Waals surface area (Å²) in [5.74, 6) is 0. The first kappa shape index (κ1) is 9.65. The van der Waals surface area contributed by atoms with E-state index in [1.165, 1.54) is 9.35 Å². The van der Waals surface area contributed by atoms with Gasteiger partial charge in [0.15, 0.2) is 0 Å². The zero-order chi connectivity index (χ0) is 9.31. The Balaban J connectivity index is 2.09. The number of halogens is 1. The lowest BCUT2D eigenvalue weighted by Crippen LogP contribution is -2.42. The lowest BCUT2D eigenvalue weighted by molar-refractivity contribution is 0.178. The number of thiophene rings is 1. The minimum absolute atomic E-state index is 0.132. The predicted molar refractivity (Wildman–Crippen MR) is 58.1 cm³/mol. The van der Waals surface area contributed by atoms with Gasteiger partial charge in [-0.3, -0.25) is 0 Å². The van der Waals surface area contributed by atoms with Crippen molar-refractivity contribution < 1.29 is 4.74 Å². The fourth-order valence-corrected chi connectivity index (χ4v) is 3.18. The molecular weight excluding hydrogens is 250 g/mol. The molecule has 1 saturated heterocycles. The Hall–Kier alpha value is 0.1000. The van der Waals surface area contributed by atoms with Crippen LogP contribution in [-0.2, 0) is 11.2 Å². The van der Waals surface area contributed by atoms with Crippen LogP contribution in [0.1, 0.15) is 11.3 Å². The lowest BCUT2D eigenvalue weighted by atomic mass is 9.95. The zero-order valence-electron chi connectivity index (χ0n) is 7.25. The van der Waals surface area contributed by atoms with Crippen molar-refractivity contribution in [2.24, 2.45) is 5.73 Å². The van der Waals surface area contributed by atoms with Gasteiger partial charge >= 0.3 is 0 Å². The van der Waals surface area contributed by atoms with Gasteiger partial charge in [-0.1, -0.05) is 0 Å². The van der Waals surface area contributed by atoms with Crippen molar-refractivity contribution in [2.45, 2.75) is 18.4 Å². The summed E-state index contributed by atoms with van der Waals surface area (Å²) in [5, 5.41) is 2.08. The van der Waals surface area contributed by atoms with E-state index in [1.54, 1.807) is 11.3 Å². The summed E-state index contributed by atoms with van der Waals surface area (Å²) in [5.41, 5.74) is 6.05. The van der Waals surface area contributed by atoms with E-state index in [0.29, 0.717) is 6.61 Å². The van der Waals surface area contributed by atoms with Crippen molar-refractivity contribution in [3.63, 3.8) is 0 Å². The average molecular weight is 262 g/mol. The van der Waals surface area contributed by atoms with Crippen LogP contribution in [0.5, 0.6) is 0 Å². The van der Waals surface area contributed by atoms with E-state index in [-0.39, 0.29) is 5.54 Å². The van der Waals surface area contributed by atoms with E-state index < -0.39 is 0 Å². The van der Waals surface area contributed by atoms with Gasteiger partial charge in [-0.2, -0.15) is 0 Å². The standard InChI is InChI=1S/C9H12BrNOS/c10-7-1-4-13-8(7)5-9(11)2-3-12-6-9/h1,4H,2-3,5-6,11H2. The molecule has 72 valence electrons. The minimum atomic E-state index is -0.132. The quantitative estimate of drug-likeness (QED) is 0.886. The maximum absolute atomic E-state index is 6.18. The van der Waals surface area contributed by atoms with Gasteiger partial charge < -0.3 is 10.5 Å². The molecule has 1 aromatic rings. The van der Waals surface area contributed by atoms with Gasteiger partial charge in [0.05, 0.1) is 6.61 Å². The van der Waals surface area contributed by atoms with E-state index in [0.717, 1.165) is 19.4 Å². The molecule has 1 unspecified atom stereocenters. The Morgan fingerprint density at radius 3 is 3.08 bits per heavy atom. The van der Waals surface area contributed by atoms with Crippen LogP contribution in [0.15, 0.2) is 15.9 Å². The summed E-state index contributed by atoms with van der Waals surface area (Å²) in [6, 6.07) is 2.07. The summed E-state index contributed by atoms with van der Waals surface area (Å²) in [7, 11) is 0. The average Bonchev–Trinajstić information content (AvgIpc) is 2.64. The third kappa shape index (κ3) is 2.13. The number of nitrogens with two attached hydrogens (primary N) is 1. The van der Waals surface area contributed by atoms with Crippen molar-refractivity contribution in [1.82, 2.24) is 0 Å². The highest BCUT2D eigenvalue weighted by Gasteiger charge is 2.31. The molecule has 4 heteroatoms. The normalized spacial score (nSPS) is 28.2. The summed E-state index contributed by atoms with van der Waals surface area (Å²) in [6.45, 7) is 1.50. The number of ether oxygens (including phenoxy) is 1. The van der Waals surface area contributed by atoms with Gasteiger partial charge in [0.2, 0.25) is 0 Å². The van der Waals surface area contributed by atoms with Crippen molar-refractivity contribution in [3.8, 4) is 0 Å². The van der Waals surface area contributed by atoms with E-state index in [4.69, 9.17) is 10.5 Å². The fraction of sp³-hybridized carbons (Fsp3) is 0.556. The highest BCUT2D eigenvalue weighted by Crippen LogP contribution is 2.29. The van der Waals surface area contributed by atoms with Crippen LogP contribution in [0.2, 0.25) is 0 Å². The summed E-state index contributed by atoms with van der Waals surface area (Å²) in [6.07, 6.45) is 1.89. The Bertz CT molecular complexity index is 294. The molecule has 0 aromatic carbocycles. The second kappa shape index (κ2) is 3.69. The maximum atomic E-state index is 6.18. The van der Waals surface area contributed by atoms with Gasteiger partial charge in [-0.05, 0) is 33.8 Å². The van der Waals surface area contributed by atoms with Gasteiger partial charge in [0.1, 0.15) is 0 Å².